The zero-order valence-corrected chi connectivity index (χ0v) is 13.5. The summed E-state index contributed by atoms with van der Waals surface area (Å²) in [6, 6.07) is 6.76. The first kappa shape index (κ1) is 15.5. The van der Waals surface area contributed by atoms with Crippen molar-refractivity contribution in [3.63, 3.8) is 0 Å². The standard InChI is InChI=1S/C17H20FN3O2/c1-20(10-12-5-4-6-15(23-3)16(12)18)17(22)13-9-14(11-7-8-11)21(2)19-13/h4-6,9,11H,7-8,10H2,1-3H3. The number of carbonyl (C=O) groups is 1. The molecule has 3 rings (SSSR count). The lowest BCUT2D eigenvalue weighted by Crippen LogP contribution is -2.27. The lowest BCUT2D eigenvalue weighted by Gasteiger charge is -2.17. The summed E-state index contributed by atoms with van der Waals surface area (Å²) in [5.41, 5.74) is 1.91. The molecule has 0 spiro atoms. The summed E-state index contributed by atoms with van der Waals surface area (Å²) in [7, 11) is 4.92. The zero-order valence-electron chi connectivity index (χ0n) is 13.5. The Bertz CT molecular complexity index is 737. The Labute approximate surface area is 134 Å². The fourth-order valence-corrected chi connectivity index (χ4v) is 2.71. The van der Waals surface area contributed by atoms with Crippen LogP contribution in [0.3, 0.4) is 0 Å². The van der Waals surface area contributed by atoms with Crippen LogP contribution >= 0.6 is 0 Å². The van der Waals surface area contributed by atoms with E-state index in [0.29, 0.717) is 17.2 Å². The minimum Gasteiger partial charge on any atom is -0.494 e. The van der Waals surface area contributed by atoms with Crippen LogP contribution in [-0.4, -0.2) is 34.7 Å². The molecule has 23 heavy (non-hydrogen) atoms. The predicted octanol–water partition coefficient (Wildman–Crippen LogP) is 2.72. The average Bonchev–Trinajstić information content (AvgIpc) is 3.31. The van der Waals surface area contributed by atoms with E-state index >= 15 is 0 Å². The normalized spacial score (nSPS) is 13.9. The molecule has 1 aliphatic rings. The molecule has 0 bridgehead atoms. The average molecular weight is 317 g/mol. The van der Waals surface area contributed by atoms with Crippen molar-refractivity contribution >= 4 is 5.91 Å². The van der Waals surface area contributed by atoms with Gasteiger partial charge in [0.05, 0.1) is 7.11 Å². The van der Waals surface area contributed by atoms with Gasteiger partial charge in [0.2, 0.25) is 0 Å². The number of aromatic nitrogens is 2. The van der Waals surface area contributed by atoms with E-state index < -0.39 is 5.82 Å². The van der Waals surface area contributed by atoms with Crippen molar-refractivity contribution in [1.29, 1.82) is 0 Å². The first-order valence-corrected chi connectivity index (χ1v) is 7.62. The van der Waals surface area contributed by atoms with Crippen LogP contribution in [0.2, 0.25) is 0 Å². The van der Waals surface area contributed by atoms with Gasteiger partial charge in [0.15, 0.2) is 17.3 Å². The molecule has 0 atom stereocenters. The van der Waals surface area contributed by atoms with Gasteiger partial charge >= 0.3 is 0 Å². The Hall–Kier alpha value is -2.37. The molecule has 1 saturated carbocycles. The van der Waals surface area contributed by atoms with Gasteiger partial charge in [-0.25, -0.2) is 4.39 Å². The SMILES string of the molecule is COc1cccc(CN(C)C(=O)c2cc(C3CC3)n(C)n2)c1F. The lowest BCUT2D eigenvalue weighted by atomic mass is 10.2. The van der Waals surface area contributed by atoms with Gasteiger partial charge in [-0.1, -0.05) is 12.1 Å². The molecule has 1 fully saturated rings. The number of hydrogen-bond acceptors (Lipinski definition) is 3. The van der Waals surface area contributed by atoms with Crippen LogP contribution in [-0.2, 0) is 13.6 Å². The summed E-state index contributed by atoms with van der Waals surface area (Å²) in [5, 5.41) is 4.30. The van der Waals surface area contributed by atoms with Gasteiger partial charge in [0, 0.05) is 37.8 Å². The molecule has 0 aliphatic heterocycles. The van der Waals surface area contributed by atoms with E-state index in [2.05, 4.69) is 5.10 Å². The highest BCUT2D eigenvalue weighted by atomic mass is 19.1. The Morgan fingerprint density at radius 1 is 1.48 bits per heavy atom. The number of methoxy groups -OCH3 is 1. The van der Waals surface area contributed by atoms with Gasteiger partial charge in [-0.15, -0.1) is 0 Å². The van der Waals surface area contributed by atoms with Gasteiger partial charge in [-0.05, 0) is 25.0 Å². The second-order valence-electron chi connectivity index (χ2n) is 5.95. The van der Waals surface area contributed by atoms with Crippen molar-refractivity contribution in [2.24, 2.45) is 7.05 Å². The van der Waals surface area contributed by atoms with Gasteiger partial charge in [-0.3, -0.25) is 9.48 Å². The molecule has 0 unspecified atom stereocenters. The molecule has 1 amide bonds. The number of ether oxygens (including phenoxy) is 1. The van der Waals surface area contributed by atoms with E-state index in [4.69, 9.17) is 4.74 Å². The molecule has 6 heteroatoms. The largest absolute Gasteiger partial charge is 0.494 e. The van der Waals surface area contributed by atoms with Crippen LogP contribution in [0, 0.1) is 5.82 Å². The second-order valence-corrected chi connectivity index (χ2v) is 5.95. The third-order valence-electron chi connectivity index (χ3n) is 4.15. The van der Waals surface area contributed by atoms with Crippen LogP contribution in [0.25, 0.3) is 0 Å². The number of hydrogen-bond donors (Lipinski definition) is 0. The fraction of sp³-hybridized carbons (Fsp3) is 0.412. The molecular formula is C17H20FN3O2. The minimum absolute atomic E-state index is 0.164. The maximum absolute atomic E-state index is 14.2. The van der Waals surface area contributed by atoms with Crippen LogP contribution in [0.1, 0.15) is 40.5 Å². The van der Waals surface area contributed by atoms with Crippen molar-refractivity contribution in [1.82, 2.24) is 14.7 Å². The summed E-state index contributed by atoms with van der Waals surface area (Å²) in [4.78, 5) is 14.0. The van der Waals surface area contributed by atoms with E-state index in [0.717, 1.165) is 18.5 Å². The van der Waals surface area contributed by atoms with Crippen LogP contribution in [0.5, 0.6) is 5.75 Å². The molecule has 122 valence electrons. The number of nitrogens with zero attached hydrogens (tertiary/aromatic N) is 3. The second kappa shape index (κ2) is 6.02. The van der Waals surface area contributed by atoms with Gasteiger partial charge in [0.1, 0.15) is 0 Å². The minimum atomic E-state index is -0.436. The molecule has 1 aromatic carbocycles. The highest BCUT2D eigenvalue weighted by Gasteiger charge is 2.29. The Morgan fingerprint density at radius 2 is 2.22 bits per heavy atom. The van der Waals surface area contributed by atoms with Gasteiger partial charge < -0.3 is 9.64 Å². The summed E-state index contributed by atoms with van der Waals surface area (Å²) >= 11 is 0. The maximum atomic E-state index is 14.2. The van der Waals surface area contributed by atoms with E-state index in [9.17, 15) is 9.18 Å². The van der Waals surface area contributed by atoms with Crippen molar-refractivity contribution < 1.29 is 13.9 Å². The van der Waals surface area contributed by atoms with E-state index in [-0.39, 0.29) is 18.2 Å². The lowest BCUT2D eigenvalue weighted by molar-refractivity contribution is 0.0777. The molecule has 1 heterocycles. The number of aryl methyl sites for hydroxylation is 1. The molecular weight excluding hydrogens is 297 g/mol. The molecule has 2 aromatic rings. The molecule has 1 aliphatic carbocycles. The number of rotatable bonds is 5. The van der Waals surface area contributed by atoms with Crippen molar-refractivity contribution in [3.8, 4) is 5.75 Å². The summed E-state index contributed by atoms with van der Waals surface area (Å²) in [5.74, 6) is 0.0523. The zero-order chi connectivity index (χ0) is 16.6. The number of amides is 1. The van der Waals surface area contributed by atoms with Gasteiger partial charge in [0.25, 0.3) is 5.91 Å². The fourth-order valence-electron chi connectivity index (χ4n) is 2.71. The van der Waals surface area contributed by atoms with E-state index in [1.54, 1.807) is 29.9 Å². The smallest absolute Gasteiger partial charge is 0.274 e. The molecule has 5 nitrogen and oxygen atoms in total. The summed E-state index contributed by atoms with van der Waals surface area (Å²) in [6.07, 6.45) is 2.30. The third kappa shape index (κ3) is 3.06. The molecule has 0 N–H and O–H groups in total. The molecule has 0 saturated heterocycles. The molecule has 0 radical (unpaired) electrons. The first-order valence-electron chi connectivity index (χ1n) is 7.62. The highest BCUT2D eigenvalue weighted by Crippen LogP contribution is 2.40. The highest BCUT2D eigenvalue weighted by molar-refractivity contribution is 5.92. The van der Waals surface area contributed by atoms with E-state index in [1.165, 1.54) is 12.0 Å². The quantitative estimate of drug-likeness (QED) is 0.852. The number of carbonyl (C=O) groups excluding carboxylic acids is 1. The maximum Gasteiger partial charge on any atom is 0.274 e. The number of halogens is 1. The monoisotopic (exact) mass is 317 g/mol. The van der Waals surface area contributed by atoms with Crippen LogP contribution < -0.4 is 4.74 Å². The summed E-state index contributed by atoms with van der Waals surface area (Å²) in [6.45, 7) is 0.164. The van der Waals surface area contributed by atoms with Crippen molar-refractivity contribution in [3.05, 3.63) is 47.0 Å². The van der Waals surface area contributed by atoms with Gasteiger partial charge in [-0.2, -0.15) is 5.10 Å². The third-order valence-corrected chi connectivity index (χ3v) is 4.15. The Kier molecular flexibility index (Phi) is 4.07. The molecule has 1 aromatic heterocycles. The van der Waals surface area contributed by atoms with Crippen molar-refractivity contribution in [2.75, 3.05) is 14.2 Å². The number of benzene rings is 1. The van der Waals surface area contributed by atoms with Crippen LogP contribution in [0.15, 0.2) is 24.3 Å². The predicted molar refractivity (Wildman–Crippen MR) is 83.9 cm³/mol. The summed E-state index contributed by atoms with van der Waals surface area (Å²) < 4.78 is 20.9. The first-order chi connectivity index (χ1) is 11.0. The van der Waals surface area contributed by atoms with Crippen LogP contribution in [0.4, 0.5) is 4.39 Å². The Balaban J connectivity index is 1.76. The van der Waals surface area contributed by atoms with E-state index in [1.807, 2.05) is 13.1 Å². The topological polar surface area (TPSA) is 47.4 Å². The van der Waals surface area contributed by atoms with Crippen molar-refractivity contribution in [2.45, 2.75) is 25.3 Å². The Morgan fingerprint density at radius 3 is 2.87 bits per heavy atom.